The van der Waals surface area contributed by atoms with Crippen LogP contribution in [0.4, 0.5) is 0 Å². The van der Waals surface area contributed by atoms with Crippen LogP contribution in [0.3, 0.4) is 0 Å². The van der Waals surface area contributed by atoms with Crippen LogP contribution in [0.25, 0.3) is 0 Å². The third-order valence-electron chi connectivity index (χ3n) is 3.36. The molecular formula is C15H19NO6Si. The van der Waals surface area contributed by atoms with Gasteiger partial charge in [-0.2, -0.15) is 0 Å². The minimum atomic E-state index is -1.74. The summed E-state index contributed by atoms with van der Waals surface area (Å²) in [7, 11) is -0.0889. The van der Waals surface area contributed by atoms with Crippen molar-refractivity contribution in [1.82, 2.24) is 0 Å². The third kappa shape index (κ3) is 5.42. The van der Waals surface area contributed by atoms with Crippen molar-refractivity contribution in [3.63, 3.8) is 0 Å². The van der Waals surface area contributed by atoms with E-state index in [0.717, 1.165) is 12.1 Å². The molecule has 2 N–H and O–H groups in total. The van der Waals surface area contributed by atoms with Gasteiger partial charge in [-0.1, -0.05) is 0 Å². The van der Waals surface area contributed by atoms with Crippen molar-refractivity contribution < 1.29 is 29.0 Å². The zero-order valence-electron chi connectivity index (χ0n) is 13.2. The van der Waals surface area contributed by atoms with E-state index in [9.17, 15) is 14.4 Å². The van der Waals surface area contributed by atoms with Gasteiger partial charge in [-0.05, 0) is 43.8 Å². The van der Waals surface area contributed by atoms with E-state index in [0.29, 0.717) is 6.42 Å². The Morgan fingerprint density at radius 3 is 2.35 bits per heavy atom. The van der Waals surface area contributed by atoms with Crippen LogP contribution in [0.5, 0.6) is 0 Å². The molecule has 0 unspecified atom stereocenters. The Bertz CT molecular complexity index is 653. The summed E-state index contributed by atoms with van der Waals surface area (Å²) in [5, 5.41) is 18.0. The fourth-order valence-electron chi connectivity index (χ4n) is 1.77. The molecule has 0 saturated carbocycles. The molecule has 0 radical (unpaired) electrons. The van der Waals surface area contributed by atoms with Gasteiger partial charge in [0.2, 0.25) is 0 Å². The lowest BCUT2D eigenvalue weighted by Crippen LogP contribution is -2.28. The van der Waals surface area contributed by atoms with Crippen molar-refractivity contribution in [3.8, 4) is 0 Å². The summed E-state index contributed by atoms with van der Waals surface area (Å²) in [4.78, 5) is 37.8. The largest absolute Gasteiger partial charge is 0.478 e. The second-order valence-electron chi connectivity index (χ2n) is 5.49. The van der Waals surface area contributed by atoms with Crippen molar-refractivity contribution in [2.45, 2.75) is 25.6 Å². The highest BCUT2D eigenvalue weighted by Gasteiger charge is 2.20. The molecule has 0 aliphatic carbocycles. The predicted octanol–water partition coefficient (Wildman–Crippen LogP) is 2.54. The maximum absolute atomic E-state index is 12.0. The van der Waals surface area contributed by atoms with Crippen LogP contribution in [0.15, 0.2) is 23.2 Å². The molecule has 0 aliphatic rings. The smallest absolute Gasteiger partial charge is 0.336 e. The normalized spacial score (nSPS) is 11.6. The predicted molar refractivity (Wildman–Crippen MR) is 87.1 cm³/mol. The highest BCUT2D eigenvalue weighted by atomic mass is 28.4. The number of aliphatic imine (C=N–C) groups is 1. The number of carbonyl (C=O) groups is 3. The number of hydrogen-bond donors (Lipinski definition) is 2. The second-order valence-corrected chi connectivity index (χ2v) is 9.92. The van der Waals surface area contributed by atoms with Gasteiger partial charge in [-0.25, -0.2) is 14.6 Å². The molecule has 0 saturated heterocycles. The summed E-state index contributed by atoms with van der Waals surface area (Å²) in [6.45, 7) is 4.08. The van der Waals surface area contributed by atoms with Gasteiger partial charge in [0.25, 0.3) is 5.91 Å². The average molecular weight is 337 g/mol. The van der Waals surface area contributed by atoms with Crippen molar-refractivity contribution in [3.05, 3.63) is 34.9 Å². The molecular weight excluding hydrogens is 318 g/mol. The Balaban J connectivity index is 2.91. The Morgan fingerprint density at radius 2 is 1.83 bits per heavy atom. The first-order valence-corrected chi connectivity index (χ1v) is 10.0. The average Bonchev–Trinajstić information content (AvgIpc) is 2.50. The molecule has 1 amide bonds. The number of nitrogens with zero attached hydrogens (tertiary/aromatic N) is 1. The fourth-order valence-corrected chi connectivity index (χ4v) is 2.80. The first-order valence-electron chi connectivity index (χ1n) is 6.90. The molecule has 1 aromatic rings. The van der Waals surface area contributed by atoms with E-state index < -0.39 is 26.2 Å². The van der Waals surface area contributed by atoms with Crippen molar-refractivity contribution in [1.29, 1.82) is 0 Å². The Labute approximate surface area is 134 Å². The van der Waals surface area contributed by atoms with E-state index in [-0.39, 0.29) is 16.7 Å². The number of hydrogen-bond acceptors (Lipinski definition) is 4. The quantitative estimate of drug-likeness (QED) is 0.584. The second kappa shape index (κ2) is 7.79. The summed E-state index contributed by atoms with van der Waals surface area (Å²) >= 11 is 0. The van der Waals surface area contributed by atoms with Crippen LogP contribution in [-0.2, 0) is 4.43 Å². The summed E-state index contributed by atoms with van der Waals surface area (Å²) in [5.74, 6) is -3.35. The van der Waals surface area contributed by atoms with Gasteiger partial charge < -0.3 is 14.6 Å². The maximum atomic E-state index is 12.0. The van der Waals surface area contributed by atoms with Gasteiger partial charge in [0.1, 0.15) is 0 Å². The first kappa shape index (κ1) is 18.7. The van der Waals surface area contributed by atoms with E-state index in [4.69, 9.17) is 14.6 Å². The van der Waals surface area contributed by atoms with Gasteiger partial charge in [0, 0.05) is 13.3 Å². The maximum Gasteiger partial charge on any atom is 0.336 e. The highest BCUT2D eigenvalue weighted by molar-refractivity contribution is 6.71. The number of carboxylic acids is 2. The highest BCUT2D eigenvalue weighted by Crippen LogP contribution is 2.15. The molecule has 1 rings (SSSR count). The summed E-state index contributed by atoms with van der Waals surface area (Å²) in [6.07, 6.45) is 1.99. The van der Waals surface area contributed by atoms with Gasteiger partial charge in [0.05, 0.1) is 16.7 Å². The van der Waals surface area contributed by atoms with E-state index in [1.165, 1.54) is 18.3 Å². The van der Waals surface area contributed by atoms with Crippen LogP contribution in [0.2, 0.25) is 19.1 Å². The van der Waals surface area contributed by atoms with Gasteiger partial charge in [0.15, 0.2) is 8.32 Å². The Morgan fingerprint density at radius 1 is 1.17 bits per heavy atom. The zero-order chi connectivity index (χ0) is 17.6. The first-order chi connectivity index (χ1) is 10.7. The van der Waals surface area contributed by atoms with Gasteiger partial charge in [-0.15, -0.1) is 0 Å². The van der Waals surface area contributed by atoms with Crippen LogP contribution >= 0.6 is 0 Å². The molecule has 0 aliphatic heterocycles. The molecule has 0 heterocycles. The van der Waals surface area contributed by atoms with E-state index in [1.54, 1.807) is 7.11 Å². The number of amides is 1. The zero-order valence-corrected chi connectivity index (χ0v) is 14.2. The van der Waals surface area contributed by atoms with Crippen LogP contribution < -0.4 is 0 Å². The molecule has 0 bridgehead atoms. The number of aromatic carboxylic acids is 2. The van der Waals surface area contributed by atoms with Gasteiger partial charge >= 0.3 is 11.9 Å². The SMILES string of the molecule is CO[Si](C)(C)CCC=NC(=O)c1ccc(C(=O)O)cc1C(=O)O. The molecule has 0 fully saturated rings. The Kier molecular flexibility index (Phi) is 6.34. The lowest BCUT2D eigenvalue weighted by Gasteiger charge is -2.18. The van der Waals surface area contributed by atoms with Crippen LogP contribution in [0.1, 0.15) is 37.5 Å². The third-order valence-corrected chi connectivity index (χ3v) is 5.96. The van der Waals surface area contributed by atoms with Crippen molar-refractivity contribution in [2.75, 3.05) is 7.11 Å². The minimum Gasteiger partial charge on any atom is -0.478 e. The number of carboxylic acid groups (broad SMARTS) is 2. The fraction of sp³-hybridized carbons (Fsp3) is 0.333. The Hall–Kier alpha value is -2.32. The van der Waals surface area contributed by atoms with Crippen LogP contribution in [-0.4, -0.2) is 49.7 Å². The number of rotatable bonds is 7. The summed E-state index contributed by atoms with van der Waals surface area (Å²) < 4.78 is 5.37. The molecule has 0 spiro atoms. The minimum absolute atomic E-state index is 0.137. The van der Waals surface area contributed by atoms with Gasteiger partial charge in [-0.3, -0.25) is 4.79 Å². The van der Waals surface area contributed by atoms with E-state index in [2.05, 4.69) is 4.99 Å². The molecule has 23 heavy (non-hydrogen) atoms. The lowest BCUT2D eigenvalue weighted by molar-refractivity contribution is 0.0692. The van der Waals surface area contributed by atoms with Crippen LogP contribution in [0, 0.1) is 0 Å². The molecule has 1 aromatic carbocycles. The van der Waals surface area contributed by atoms with Crippen molar-refractivity contribution in [2.24, 2.45) is 4.99 Å². The van der Waals surface area contributed by atoms with E-state index in [1.807, 2.05) is 13.1 Å². The molecule has 124 valence electrons. The van der Waals surface area contributed by atoms with Crippen molar-refractivity contribution >= 4 is 32.4 Å². The topological polar surface area (TPSA) is 113 Å². The molecule has 7 nitrogen and oxygen atoms in total. The molecule has 8 heteroatoms. The van der Waals surface area contributed by atoms with E-state index >= 15 is 0 Å². The monoisotopic (exact) mass is 337 g/mol. The number of carbonyl (C=O) groups excluding carboxylic acids is 1. The molecule has 0 atom stereocenters. The standard InChI is InChI=1S/C15H19NO6Si/c1-22-23(2,3)8-4-7-16-13(17)11-6-5-10(14(18)19)9-12(11)15(20)21/h5-7,9H,4,8H2,1-3H3,(H,18,19)(H,20,21). The lowest BCUT2D eigenvalue weighted by atomic mass is 10.0. The number of benzene rings is 1. The summed E-state index contributed by atoms with van der Waals surface area (Å²) in [6, 6.07) is 4.08. The molecule has 0 aromatic heterocycles. The summed E-state index contributed by atoms with van der Waals surface area (Å²) in [5.41, 5.74) is -0.712.